The molecule has 3 heterocycles. The Hall–Kier alpha value is -3.58. The van der Waals surface area contributed by atoms with Crippen molar-refractivity contribution in [1.82, 2.24) is 9.21 Å². The van der Waals surface area contributed by atoms with Gasteiger partial charge in [0.05, 0.1) is 12.0 Å². The third kappa shape index (κ3) is 6.36. The van der Waals surface area contributed by atoms with Crippen molar-refractivity contribution in [3.8, 4) is 17.2 Å². The number of ether oxygens (including phenoxy) is 4. The number of hydrogen-bond donors (Lipinski definition) is 0. The van der Waals surface area contributed by atoms with E-state index in [0.717, 1.165) is 17.1 Å². The number of esters is 1. The van der Waals surface area contributed by atoms with Crippen molar-refractivity contribution in [2.24, 2.45) is 0 Å². The number of nitrogens with one attached hydrogen (secondary N) is 1. The molecule has 11 nitrogen and oxygen atoms in total. The fourth-order valence-electron chi connectivity index (χ4n) is 6.42. The molecule has 0 bridgehead atoms. The monoisotopic (exact) mass is 704 g/mol. The van der Waals surface area contributed by atoms with E-state index in [9.17, 15) is 18.0 Å². The van der Waals surface area contributed by atoms with E-state index in [1.807, 2.05) is 0 Å². The number of aromatic amines is 1. The second-order valence-electron chi connectivity index (χ2n) is 12.1. The maximum atomic E-state index is 14.1. The largest absolute Gasteiger partial charge is 0.493 e. The minimum Gasteiger partial charge on any atom is -0.493 e. The van der Waals surface area contributed by atoms with Gasteiger partial charge in [0.25, 0.3) is 11.7 Å². The van der Waals surface area contributed by atoms with E-state index in [2.05, 4.69) is 4.98 Å². The van der Waals surface area contributed by atoms with Crippen molar-refractivity contribution in [2.75, 3.05) is 27.7 Å². The number of aromatic nitrogens is 1. The van der Waals surface area contributed by atoms with E-state index in [-0.39, 0.29) is 35.8 Å². The Kier molecular flexibility index (Phi) is 9.32. The molecule has 6 rings (SSSR count). The van der Waals surface area contributed by atoms with Crippen molar-refractivity contribution in [2.45, 2.75) is 67.8 Å². The number of H-pyrrole nitrogens is 1. The highest BCUT2D eigenvalue weighted by atomic mass is 35.5. The molecule has 1 aromatic heterocycles. The van der Waals surface area contributed by atoms with Gasteiger partial charge in [0.15, 0.2) is 23.9 Å². The molecule has 1 N–H and O–H groups in total. The summed E-state index contributed by atoms with van der Waals surface area (Å²) in [5, 5.41) is 0.677. The van der Waals surface area contributed by atoms with Crippen molar-refractivity contribution < 1.29 is 41.9 Å². The van der Waals surface area contributed by atoms with E-state index in [4.69, 9.17) is 42.1 Å². The van der Waals surface area contributed by atoms with Gasteiger partial charge in [-0.15, -0.1) is 0 Å². The van der Waals surface area contributed by atoms with E-state index in [1.54, 1.807) is 44.7 Å². The molecule has 3 aromatic rings. The van der Waals surface area contributed by atoms with Crippen LogP contribution in [0.3, 0.4) is 0 Å². The van der Waals surface area contributed by atoms with Crippen LogP contribution in [-0.2, 0) is 26.0 Å². The Balaban J connectivity index is 1.35. The van der Waals surface area contributed by atoms with Crippen LogP contribution in [0.15, 0.2) is 53.7 Å². The Bertz CT molecular complexity index is 1790. The highest BCUT2D eigenvalue weighted by Gasteiger charge is 2.48. The number of carbonyl (C=O) groups is 2. The Morgan fingerprint density at radius 2 is 1.77 bits per heavy atom. The van der Waals surface area contributed by atoms with Gasteiger partial charge < -0.3 is 23.8 Å². The molecule has 2 aliphatic heterocycles. The lowest BCUT2D eigenvalue weighted by molar-refractivity contribution is -0.377. The van der Waals surface area contributed by atoms with Gasteiger partial charge in [-0.1, -0.05) is 29.3 Å². The second-order valence-corrected chi connectivity index (χ2v) is 14.8. The number of methoxy groups -OCH3 is 1. The minimum absolute atomic E-state index is 0.0708. The van der Waals surface area contributed by atoms with Crippen LogP contribution in [0.1, 0.15) is 66.1 Å². The molecule has 1 spiro atoms. The summed E-state index contributed by atoms with van der Waals surface area (Å²) in [6.07, 6.45) is 6.21. The molecule has 1 saturated heterocycles. The molecule has 250 valence electrons. The first kappa shape index (κ1) is 33.3. The number of fused-ring (bicyclic) bond motifs is 1. The maximum Gasteiger partial charge on any atom is 0.325 e. The summed E-state index contributed by atoms with van der Waals surface area (Å²) >= 11 is 13.1. The zero-order valence-corrected chi connectivity index (χ0v) is 28.6. The van der Waals surface area contributed by atoms with Gasteiger partial charge in [-0.3, -0.25) is 9.59 Å². The molecule has 3 aliphatic rings. The summed E-state index contributed by atoms with van der Waals surface area (Å²) in [5.41, 5.74) is 1.27. The molecule has 1 amide bonds. The summed E-state index contributed by atoms with van der Waals surface area (Å²) in [7, 11) is 0.545. The quantitative estimate of drug-likeness (QED) is 0.277. The van der Waals surface area contributed by atoms with Crippen LogP contribution < -0.4 is 19.2 Å². The summed E-state index contributed by atoms with van der Waals surface area (Å²) < 4.78 is 53.6. The first-order valence-corrected chi connectivity index (χ1v) is 17.6. The lowest BCUT2D eigenvalue weighted by atomic mass is 10.00. The highest BCUT2D eigenvalue weighted by molar-refractivity contribution is 7.89. The topological polar surface area (TPSA) is 126 Å². The number of pyridine rings is 1. The predicted octanol–water partition coefficient (Wildman–Crippen LogP) is 5.24. The lowest BCUT2D eigenvalue weighted by Gasteiger charge is -2.27. The van der Waals surface area contributed by atoms with Gasteiger partial charge in [-0.05, 0) is 56.0 Å². The van der Waals surface area contributed by atoms with Crippen molar-refractivity contribution in [1.29, 1.82) is 0 Å². The molecule has 14 heteroatoms. The number of benzene rings is 2. The number of halogens is 2. The fraction of sp³-hybridized carbons (Fsp3) is 0.424. The standard InChI is InChI=1S/C33H35Cl2N3O8S/c1-37(2)31(39)20-8-6-9-21(16-20)47(41,42)38-15-7-10-26(38)32(40)44-28(17-23-24(34)18-36-19-25(23)35)22-11-12-27(43-3)30-29(22)45-33(46-30)13-4-5-14-33/h6,8-9,11-12,16,18-19,26,28H,4-5,7,10,13-15,17H2,1-3H3/p+1/t26-,28-/m0/s1. The Morgan fingerprint density at radius 3 is 2.45 bits per heavy atom. The molecule has 47 heavy (non-hydrogen) atoms. The highest BCUT2D eigenvalue weighted by Crippen LogP contribution is 2.54. The number of sulfonamides is 1. The first-order valence-electron chi connectivity index (χ1n) is 15.4. The number of nitrogens with zero attached hydrogens (tertiary/aromatic N) is 2. The average Bonchev–Trinajstić information content (AvgIpc) is 3.82. The lowest BCUT2D eigenvalue weighted by Crippen LogP contribution is -2.42. The minimum atomic E-state index is -4.17. The SMILES string of the molecule is COc1ccc([C@H](Cc2c(Cl)c[nH+]cc2Cl)OC(=O)[C@@H]2CCCN2S(=O)(=O)c2cccc(C(=O)N(C)C)c2)c2c1OC1(CCCC1)O2. The molecule has 0 unspecified atom stereocenters. The predicted molar refractivity (Wildman–Crippen MR) is 172 cm³/mol. The van der Waals surface area contributed by atoms with Gasteiger partial charge in [-0.2, -0.15) is 4.31 Å². The Labute approximate surface area is 283 Å². The smallest absolute Gasteiger partial charge is 0.325 e. The van der Waals surface area contributed by atoms with Crippen LogP contribution in [0.2, 0.25) is 10.0 Å². The van der Waals surface area contributed by atoms with E-state index >= 15 is 0 Å². The van der Waals surface area contributed by atoms with Crippen LogP contribution in [0.5, 0.6) is 17.2 Å². The maximum absolute atomic E-state index is 14.1. The summed E-state index contributed by atoms with van der Waals surface area (Å²) in [6, 6.07) is 8.18. The normalized spacial score (nSPS) is 19.1. The second kappa shape index (κ2) is 13.1. The number of hydrogen-bond acceptors (Lipinski definition) is 8. The summed E-state index contributed by atoms with van der Waals surface area (Å²) in [5.74, 6) is -0.608. The third-order valence-corrected chi connectivity index (χ3v) is 11.4. The van der Waals surface area contributed by atoms with Crippen molar-refractivity contribution in [3.63, 3.8) is 0 Å². The molecular formula is C33H36Cl2N3O8S+. The van der Waals surface area contributed by atoms with Crippen LogP contribution in [0.4, 0.5) is 0 Å². The zero-order valence-electron chi connectivity index (χ0n) is 26.3. The van der Waals surface area contributed by atoms with Crippen molar-refractivity contribution >= 4 is 45.1 Å². The van der Waals surface area contributed by atoms with E-state index in [0.29, 0.717) is 57.7 Å². The van der Waals surface area contributed by atoms with Crippen molar-refractivity contribution in [3.05, 3.63) is 75.5 Å². The molecule has 2 fully saturated rings. The summed E-state index contributed by atoms with van der Waals surface area (Å²) in [4.78, 5) is 30.8. The molecular weight excluding hydrogens is 669 g/mol. The number of amides is 1. The number of rotatable bonds is 9. The van der Waals surface area contributed by atoms with Gasteiger partial charge in [-0.25, -0.2) is 13.4 Å². The molecule has 2 aromatic carbocycles. The molecule has 2 atom stereocenters. The van der Waals surface area contributed by atoms with E-state index in [1.165, 1.54) is 30.2 Å². The van der Waals surface area contributed by atoms with Gasteiger partial charge in [0.1, 0.15) is 22.2 Å². The van der Waals surface area contributed by atoms with Gasteiger partial charge >= 0.3 is 5.97 Å². The van der Waals surface area contributed by atoms with Crippen LogP contribution in [0.25, 0.3) is 0 Å². The molecule has 1 aliphatic carbocycles. The fourth-order valence-corrected chi connectivity index (χ4v) is 8.65. The van der Waals surface area contributed by atoms with Gasteiger partial charge in [0.2, 0.25) is 15.8 Å². The van der Waals surface area contributed by atoms with Crippen LogP contribution in [0, 0.1) is 0 Å². The number of carbonyl (C=O) groups excluding carboxylic acids is 2. The zero-order chi connectivity index (χ0) is 33.5. The third-order valence-electron chi connectivity index (χ3n) is 8.83. The molecule has 0 radical (unpaired) electrons. The van der Waals surface area contributed by atoms with Crippen LogP contribution in [-0.4, -0.2) is 69.1 Å². The van der Waals surface area contributed by atoms with Crippen LogP contribution >= 0.6 is 23.2 Å². The first-order chi connectivity index (χ1) is 22.4. The van der Waals surface area contributed by atoms with E-state index < -0.39 is 33.9 Å². The summed E-state index contributed by atoms with van der Waals surface area (Å²) in [6.45, 7) is 0.113. The van der Waals surface area contributed by atoms with Gasteiger partial charge in [0, 0.05) is 56.6 Å². The molecule has 1 saturated carbocycles. The average molecular weight is 706 g/mol. The Morgan fingerprint density at radius 1 is 1.06 bits per heavy atom.